The number of benzene rings is 7. The SMILES string of the molecule is c1ccc(C2=NC(c3ccc4c(c3)oc3ccccc34)NC(c3ccc4c(c3)oc3ccc(-c5cccc6oc7ccccc7c56)cc34)=N2)cc1. The van der Waals surface area contributed by atoms with E-state index in [-0.39, 0.29) is 6.17 Å². The number of fused-ring (bicyclic) bond motifs is 9. The second-order valence-corrected chi connectivity index (χ2v) is 13.0. The molecule has 3 aromatic heterocycles. The fraction of sp³-hybridized carbons (Fsp3) is 0.0222. The number of nitrogens with zero attached hydrogens (tertiary/aromatic N) is 2. The molecular formula is C45H27N3O3. The molecule has 1 aliphatic rings. The van der Waals surface area contributed by atoms with Crippen LogP contribution in [-0.4, -0.2) is 11.7 Å². The van der Waals surface area contributed by atoms with Gasteiger partial charge in [0.1, 0.15) is 45.5 Å². The number of amidine groups is 2. The molecule has 4 heterocycles. The summed E-state index contributed by atoms with van der Waals surface area (Å²) in [7, 11) is 0. The highest BCUT2D eigenvalue weighted by molar-refractivity contribution is 6.16. The molecule has 0 saturated carbocycles. The molecule has 0 radical (unpaired) electrons. The second kappa shape index (κ2) is 10.8. The molecule has 1 atom stereocenters. The third-order valence-electron chi connectivity index (χ3n) is 9.95. The first kappa shape index (κ1) is 28.0. The lowest BCUT2D eigenvalue weighted by Crippen LogP contribution is -2.33. The summed E-state index contributed by atoms with van der Waals surface area (Å²) in [6, 6.07) is 51.7. The molecule has 0 bridgehead atoms. The summed E-state index contributed by atoms with van der Waals surface area (Å²) in [5.41, 5.74) is 10.2. The van der Waals surface area contributed by atoms with E-state index in [1.54, 1.807) is 0 Å². The molecule has 0 aliphatic carbocycles. The number of nitrogens with one attached hydrogen (secondary N) is 1. The minimum Gasteiger partial charge on any atom is -0.456 e. The van der Waals surface area contributed by atoms with E-state index in [1.807, 2.05) is 66.7 Å². The fourth-order valence-electron chi connectivity index (χ4n) is 7.50. The zero-order chi connectivity index (χ0) is 33.5. The Morgan fingerprint density at radius 3 is 1.96 bits per heavy atom. The van der Waals surface area contributed by atoms with E-state index >= 15 is 0 Å². The van der Waals surface area contributed by atoms with Crippen LogP contribution >= 0.6 is 0 Å². The summed E-state index contributed by atoms with van der Waals surface area (Å²) >= 11 is 0. The van der Waals surface area contributed by atoms with Crippen LogP contribution in [0.4, 0.5) is 0 Å². The minimum absolute atomic E-state index is 0.374. The maximum absolute atomic E-state index is 6.47. The van der Waals surface area contributed by atoms with Gasteiger partial charge in [-0.25, -0.2) is 9.98 Å². The van der Waals surface area contributed by atoms with Gasteiger partial charge in [-0.3, -0.25) is 0 Å². The van der Waals surface area contributed by atoms with Crippen molar-refractivity contribution in [3.8, 4) is 11.1 Å². The molecule has 0 fully saturated rings. The van der Waals surface area contributed by atoms with Gasteiger partial charge in [0, 0.05) is 49.0 Å². The van der Waals surface area contributed by atoms with Gasteiger partial charge in [-0.05, 0) is 59.7 Å². The summed E-state index contributed by atoms with van der Waals surface area (Å²) < 4.78 is 18.9. The van der Waals surface area contributed by atoms with Gasteiger partial charge in [0.05, 0.1) is 0 Å². The van der Waals surface area contributed by atoms with Crippen LogP contribution in [0.1, 0.15) is 22.9 Å². The Kier molecular flexibility index (Phi) is 5.92. The highest BCUT2D eigenvalue weighted by Crippen LogP contribution is 2.39. The van der Waals surface area contributed by atoms with E-state index < -0.39 is 0 Å². The summed E-state index contributed by atoms with van der Waals surface area (Å²) in [6.45, 7) is 0. The van der Waals surface area contributed by atoms with Crippen LogP contribution in [0.2, 0.25) is 0 Å². The van der Waals surface area contributed by atoms with Crippen molar-refractivity contribution >= 4 is 77.5 Å². The second-order valence-electron chi connectivity index (χ2n) is 13.0. The highest BCUT2D eigenvalue weighted by atomic mass is 16.3. The molecule has 0 amide bonds. The number of hydrogen-bond donors (Lipinski definition) is 1. The molecule has 0 saturated heterocycles. The van der Waals surface area contributed by atoms with Crippen molar-refractivity contribution in [3.05, 3.63) is 168 Å². The quantitative estimate of drug-likeness (QED) is 0.204. The molecule has 1 unspecified atom stereocenters. The standard InChI is InChI=1S/C45H27N3O3/c1-2-9-26(10-3-1)43-46-44(28-17-20-32-31-11-4-6-14-36(31)50-40(32)24-28)48-45(47-43)29-18-21-33-35-23-27(19-22-38(35)51-41(33)25-29)30-13-8-16-39-42(30)34-12-5-7-15-37(34)49-39/h1-25,44H,(H,46,47,48). The van der Waals surface area contributed by atoms with Gasteiger partial charge >= 0.3 is 0 Å². The fourth-order valence-corrected chi connectivity index (χ4v) is 7.50. The highest BCUT2D eigenvalue weighted by Gasteiger charge is 2.23. The molecule has 6 nitrogen and oxygen atoms in total. The monoisotopic (exact) mass is 657 g/mol. The van der Waals surface area contributed by atoms with Crippen LogP contribution in [0.15, 0.2) is 175 Å². The number of hydrogen-bond acceptors (Lipinski definition) is 6. The van der Waals surface area contributed by atoms with Crippen LogP contribution in [0.5, 0.6) is 0 Å². The van der Waals surface area contributed by atoms with Crippen LogP contribution < -0.4 is 5.32 Å². The van der Waals surface area contributed by atoms with Crippen molar-refractivity contribution in [2.24, 2.45) is 9.98 Å². The van der Waals surface area contributed by atoms with Gasteiger partial charge in [-0.15, -0.1) is 0 Å². The molecule has 1 aliphatic heterocycles. The molecule has 51 heavy (non-hydrogen) atoms. The maximum atomic E-state index is 6.47. The Morgan fingerprint density at radius 2 is 1.08 bits per heavy atom. The number of furan rings is 3. The zero-order valence-electron chi connectivity index (χ0n) is 27.1. The Morgan fingerprint density at radius 1 is 0.431 bits per heavy atom. The van der Waals surface area contributed by atoms with E-state index in [9.17, 15) is 0 Å². The summed E-state index contributed by atoms with van der Waals surface area (Å²) in [4.78, 5) is 10.1. The smallest absolute Gasteiger partial charge is 0.159 e. The predicted octanol–water partition coefficient (Wildman–Crippen LogP) is 11.5. The maximum Gasteiger partial charge on any atom is 0.159 e. The average Bonchev–Trinajstić information content (AvgIpc) is 3.88. The summed E-state index contributed by atoms with van der Waals surface area (Å²) in [6.07, 6.45) is -0.374. The van der Waals surface area contributed by atoms with Gasteiger partial charge in [-0.1, -0.05) is 103 Å². The molecule has 0 spiro atoms. The largest absolute Gasteiger partial charge is 0.456 e. The normalized spacial score (nSPS) is 14.9. The number of aliphatic imine (C=N–C) groups is 2. The first-order chi connectivity index (χ1) is 25.2. The molecule has 7 aromatic carbocycles. The Labute approximate surface area is 291 Å². The average molecular weight is 658 g/mol. The molecule has 10 aromatic rings. The molecular weight excluding hydrogens is 631 g/mol. The van der Waals surface area contributed by atoms with E-state index in [2.05, 4.69) is 90.2 Å². The Hall–Kier alpha value is -6.92. The zero-order valence-corrected chi connectivity index (χ0v) is 27.1. The van der Waals surface area contributed by atoms with Gasteiger partial charge < -0.3 is 18.6 Å². The lowest BCUT2D eigenvalue weighted by molar-refractivity contribution is 0.654. The molecule has 1 N–H and O–H groups in total. The molecule has 11 rings (SSSR count). The van der Waals surface area contributed by atoms with Crippen LogP contribution in [0.3, 0.4) is 0 Å². The first-order valence-corrected chi connectivity index (χ1v) is 17.0. The third-order valence-corrected chi connectivity index (χ3v) is 9.95. The van der Waals surface area contributed by atoms with Crippen molar-refractivity contribution in [2.45, 2.75) is 6.17 Å². The van der Waals surface area contributed by atoms with E-state index in [1.165, 1.54) is 0 Å². The summed E-state index contributed by atoms with van der Waals surface area (Å²) in [5.74, 6) is 1.38. The predicted molar refractivity (Wildman–Crippen MR) is 206 cm³/mol. The topological polar surface area (TPSA) is 76.2 Å². The lowest BCUT2D eigenvalue weighted by atomic mass is 9.98. The van der Waals surface area contributed by atoms with E-state index in [4.69, 9.17) is 23.2 Å². The minimum atomic E-state index is -0.374. The number of rotatable bonds is 4. The van der Waals surface area contributed by atoms with Crippen LogP contribution in [0.25, 0.3) is 76.9 Å². The van der Waals surface area contributed by atoms with Crippen molar-refractivity contribution in [1.82, 2.24) is 5.32 Å². The lowest BCUT2D eigenvalue weighted by Gasteiger charge is -2.23. The van der Waals surface area contributed by atoms with Crippen LogP contribution in [-0.2, 0) is 0 Å². The Bertz CT molecular complexity index is 3070. The molecule has 6 heteroatoms. The van der Waals surface area contributed by atoms with Gasteiger partial charge in [-0.2, -0.15) is 0 Å². The van der Waals surface area contributed by atoms with Crippen LogP contribution in [0, 0.1) is 0 Å². The molecule has 240 valence electrons. The van der Waals surface area contributed by atoms with Gasteiger partial charge in [0.2, 0.25) is 0 Å². The van der Waals surface area contributed by atoms with Gasteiger partial charge in [0.15, 0.2) is 5.84 Å². The van der Waals surface area contributed by atoms with Crippen molar-refractivity contribution in [2.75, 3.05) is 0 Å². The van der Waals surface area contributed by atoms with Crippen molar-refractivity contribution < 1.29 is 13.3 Å². The van der Waals surface area contributed by atoms with E-state index in [0.29, 0.717) is 5.84 Å². The van der Waals surface area contributed by atoms with Crippen molar-refractivity contribution in [1.29, 1.82) is 0 Å². The summed E-state index contributed by atoms with van der Waals surface area (Å²) in [5, 5.41) is 10.1. The number of para-hydroxylation sites is 2. The van der Waals surface area contributed by atoms with Crippen molar-refractivity contribution in [3.63, 3.8) is 0 Å². The van der Waals surface area contributed by atoms with E-state index in [0.717, 1.165) is 99.5 Å². The first-order valence-electron chi connectivity index (χ1n) is 17.0. The third kappa shape index (κ3) is 4.43. The van der Waals surface area contributed by atoms with Gasteiger partial charge in [0.25, 0.3) is 0 Å². The Balaban J connectivity index is 1.00.